The van der Waals surface area contributed by atoms with Crippen LogP contribution < -0.4 is 4.74 Å². The van der Waals surface area contributed by atoms with Gasteiger partial charge in [0.05, 0.1) is 12.1 Å². The summed E-state index contributed by atoms with van der Waals surface area (Å²) in [5.74, 6) is 1.43. The minimum Gasteiger partial charge on any atom is -0.494 e. The van der Waals surface area contributed by atoms with Gasteiger partial charge < -0.3 is 9.26 Å². The number of carbonyl (C=O) groups excluding carboxylic acids is 1. The largest absolute Gasteiger partial charge is 0.494 e. The van der Waals surface area contributed by atoms with Crippen LogP contribution in [0.5, 0.6) is 5.75 Å². The number of hydrogen-bond acceptors (Lipinski definition) is 7. The van der Waals surface area contributed by atoms with Gasteiger partial charge in [0.1, 0.15) is 11.3 Å². The summed E-state index contributed by atoms with van der Waals surface area (Å²) in [6.45, 7) is 2.92. The standard InChI is InChI=1S/C27H25N5O3/c1-2-3-4-7-18-34-22-16-14-19(15-17-22)25-28-26(35-30-25)20-10-12-21(13-11-20)27(33)32-24-9-6-5-8-23(24)29-31-32/h5-6,8-17H,2-4,7,18H2,1H3. The number of fused-ring (bicyclic) bond motifs is 1. The van der Waals surface area contributed by atoms with Gasteiger partial charge in [-0.2, -0.15) is 9.67 Å². The monoisotopic (exact) mass is 467 g/mol. The smallest absolute Gasteiger partial charge is 0.280 e. The van der Waals surface area contributed by atoms with E-state index in [2.05, 4.69) is 27.4 Å². The Morgan fingerprint density at radius 1 is 0.914 bits per heavy atom. The highest BCUT2D eigenvalue weighted by atomic mass is 16.5. The van der Waals surface area contributed by atoms with Gasteiger partial charge in [0.15, 0.2) is 0 Å². The molecule has 2 aromatic heterocycles. The van der Waals surface area contributed by atoms with E-state index < -0.39 is 0 Å². The zero-order valence-electron chi connectivity index (χ0n) is 19.4. The molecule has 0 N–H and O–H groups in total. The highest BCUT2D eigenvalue weighted by Crippen LogP contribution is 2.25. The van der Waals surface area contributed by atoms with Gasteiger partial charge in [-0.25, -0.2) is 0 Å². The third-order valence-electron chi connectivity index (χ3n) is 5.73. The number of ether oxygens (including phenoxy) is 1. The third-order valence-corrected chi connectivity index (χ3v) is 5.73. The number of para-hydroxylation sites is 1. The van der Waals surface area contributed by atoms with Crippen LogP contribution in [-0.4, -0.2) is 37.6 Å². The fourth-order valence-corrected chi connectivity index (χ4v) is 3.77. The Morgan fingerprint density at radius 2 is 1.69 bits per heavy atom. The summed E-state index contributed by atoms with van der Waals surface area (Å²) in [6.07, 6.45) is 4.70. The van der Waals surface area contributed by atoms with Gasteiger partial charge in [-0.15, -0.1) is 5.10 Å². The van der Waals surface area contributed by atoms with E-state index in [1.54, 1.807) is 24.3 Å². The van der Waals surface area contributed by atoms with Crippen molar-refractivity contribution >= 4 is 16.9 Å². The van der Waals surface area contributed by atoms with Gasteiger partial charge >= 0.3 is 0 Å². The molecular formula is C27H25N5O3. The van der Waals surface area contributed by atoms with Crippen molar-refractivity contribution in [1.29, 1.82) is 0 Å². The highest BCUT2D eigenvalue weighted by Gasteiger charge is 2.16. The lowest BCUT2D eigenvalue weighted by Gasteiger charge is -2.06. The Balaban J connectivity index is 1.25. The number of aromatic nitrogens is 5. The van der Waals surface area contributed by atoms with Crippen molar-refractivity contribution in [2.24, 2.45) is 0 Å². The molecule has 5 rings (SSSR count). The summed E-state index contributed by atoms with van der Waals surface area (Å²) in [5, 5.41) is 12.1. The van der Waals surface area contributed by atoms with Crippen molar-refractivity contribution in [2.45, 2.75) is 32.6 Å². The van der Waals surface area contributed by atoms with Crippen LogP contribution in [0.2, 0.25) is 0 Å². The lowest BCUT2D eigenvalue weighted by Crippen LogP contribution is -2.13. The molecule has 0 aliphatic heterocycles. The molecule has 0 radical (unpaired) electrons. The predicted molar refractivity (Wildman–Crippen MR) is 132 cm³/mol. The lowest BCUT2D eigenvalue weighted by molar-refractivity contribution is 0.0948. The molecule has 0 spiro atoms. The van der Waals surface area contributed by atoms with E-state index in [-0.39, 0.29) is 5.91 Å². The normalized spacial score (nSPS) is 11.1. The molecule has 0 unspecified atom stereocenters. The van der Waals surface area contributed by atoms with E-state index in [0.29, 0.717) is 28.3 Å². The Hall–Kier alpha value is -4.33. The summed E-state index contributed by atoms with van der Waals surface area (Å²) in [5.41, 5.74) is 3.37. The number of rotatable bonds is 9. The zero-order valence-corrected chi connectivity index (χ0v) is 19.4. The fourth-order valence-electron chi connectivity index (χ4n) is 3.77. The summed E-state index contributed by atoms with van der Waals surface area (Å²) in [6, 6.07) is 22.0. The number of carbonyl (C=O) groups is 1. The predicted octanol–water partition coefficient (Wildman–Crippen LogP) is 5.80. The maximum absolute atomic E-state index is 12.9. The van der Waals surface area contributed by atoms with Crippen LogP contribution in [0.3, 0.4) is 0 Å². The van der Waals surface area contributed by atoms with Crippen LogP contribution in [0.4, 0.5) is 0 Å². The number of unbranched alkanes of at least 4 members (excludes halogenated alkanes) is 3. The van der Waals surface area contributed by atoms with E-state index in [0.717, 1.165) is 29.9 Å². The summed E-state index contributed by atoms with van der Waals surface area (Å²) >= 11 is 0. The van der Waals surface area contributed by atoms with Crippen LogP contribution in [-0.2, 0) is 0 Å². The molecule has 0 saturated carbocycles. The Morgan fingerprint density at radius 3 is 2.49 bits per heavy atom. The van der Waals surface area contributed by atoms with Gasteiger partial charge in [0.25, 0.3) is 11.8 Å². The summed E-state index contributed by atoms with van der Waals surface area (Å²) in [7, 11) is 0. The van der Waals surface area contributed by atoms with E-state index in [4.69, 9.17) is 9.26 Å². The molecule has 35 heavy (non-hydrogen) atoms. The van der Waals surface area contributed by atoms with E-state index >= 15 is 0 Å². The first-order chi connectivity index (χ1) is 17.2. The minimum atomic E-state index is -0.260. The van der Waals surface area contributed by atoms with Crippen molar-refractivity contribution < 1.29 is 14.1 Å². The number of benzene rings is 3. The second-order valence-electron chi connectivity index (χ2n) is 8.23. The maximum atomic E-state index is 12.9. The van der Waals surface area contributed by atoms with Crippen LogP contribution in [0.25, 0.3) is 33.9 Å². The van der Waals surface area contributed by atoms with Crippen molar-refractivity contribution in [3.05, 3.63) is 78.4 Å². The SMILES string of the molecule is CCCCCCOc1ccc(-c2noc(-c3ccc(C(=O)n4nnc5ccccc54)cc3)n2)cc1. The van der Waals surface area contributed by atoms with E-state index in [1.165, 1.54) is 23.9 Å². The van der Waals surface area contributed by atoms with Gasteiger partial charge in [0, 0.05) is 16.7 Å². The van der Waals surface area contributed by atoms with Crippen molar-refractivity contribution in [3.8, 4) is 28.6 Å². The summed E-state index contributed by atoms with van der Waals surface area (Å²) in [4.78, 5) is 17.4. The lowest BCUT2D eigenvalue weighted by atomic mass is 10.1. The first-order valence-electron chi connectivity index (χ1n) is 11.8. The minimum absolute atomic E-state index is 0.260. The quantitative estimate of drug-likeness (QED) is 0.253. The van der Waals surface area contributed by atoms with Crippen LogP contribution in [0.1, 0.15) is 43.0 Å². The van der Waals surface area contributed by atoms with E-state index in [9.17, 15) is 4.79 Å². The van der Waals surface area contributed by atoms with Crippen molar-refractivity contribution in [2.75, 3.05) is 6.61 Å². The first kappa shape index (κ1) is 22.5. The Kier molecular flexibility index (Phi) is 6.61. The molecule has 5 aromatic rings. The molecule has 0 aliphatic rings. The molecule has 0 atom stereocenters. The van der Waals surface area contributed by atoms with Crippen molar-refractivity contribution in [1.82, 2.24) is 25.1 Å². The van der Waals surface area contributed by atoms with Crippen LogP contribution in [0, 0.1) is 0 Å². The molecule has 0 amide bonds. The molecule has 176 valence electrons. The average molecular weight is 468 g/mol. The third kappa shape index (κ3) is 4.96. The molecule has 2 heterocycles. The van der Waals surface area contributed by atoms with Gasteiger partial charge in [-0.1, -0.05) is 48.7 Å². The molecule has 3 aromatic carbocycles. The second kappa shape index (κ2) is 10.3. The average Bonchev–Trinajstić information content (AvgIpc) is 3.57. The van der Waals surface area contributed by atoms with Gasteiger partial charge in [0.2, 0.25) is 5.82 Å². The Bertz CT molecular complexity index is 1420. The zero-order chi connectivity index (χ0) is 24.0. The topological polar surface area (TPSA) is 95.9 Å². The number of nitrogens with zero attached hydrogens (tertiary/aromatic N) is 5. The number of hydrogen-bond donors (Lipinski definition) is 0. The van der Waals surface area contributed by atoms with Gasteiger partial charge in [-0.3, -0.25) is 4.79 Å². The fraction of sp³-hybridized carbons (Fsp3) is 0.222. The molecule has 0 bridgehead atoms. The molecule has 8 nitrogen and oxygen atoms in total. The second-order valence-corrected chi connectivity index (χ2v) is 8.23. The highest BCUT2D eigenvalue weighted by molar-refractivity contribution is 6.00. The molecule has 0 fully saturated rings. The van der Waals surface area contributed by atoms with Crippen LogP contribution >= 0.6 is 0 Å². The van der Waals surface area contributed by atoms with Gasteiger partial charge in [-0.05, 0) is 67.1 Å². The summed E-state index contributed by atoms with van der Waals surface area (Å²) < 4.78 is 12.6. The van der Waals surface area contributed by atoms with E-state index in [1.807, 2.05) is 48.5 Å². The first-order valence-corrected chi connectivity index (χ1v) is 11.8. The van der Waals surface area contributed by atoms with Crippen molar-refractivity contribution in [3.63, 3.8) is 0 Å². The van der Waals surface area contributed by atoms with Crippen LogP contribution in [0.15, 0.2) is 77.3 Å². The Labute approximate surface area is 202 Å². The molecule has 0 aliphatic carbocycles. The molecular weight excluding hydrogens is 442 g/mol. The molecule has 8 heteroatoms. The maximum Gasteiger partial charge on any atom is 0.280 e. The molecule has 0 saturated heterocycles.